The third-order valence-electron chi connectivity index (χ3n) is 4.37. The van der Waals surface area contributed by atoms with E-state index in [9.17, 15) is 4.79 Å². The molecule has 0 bridgehead atoms. The van der Waals surface area contributed by atoms with Crippen molar-refractivity contribution < 1.29 is 9.53 Å². The molecule has 0 radical (unpaired) electrons. The van der Waals surface area contributed by atoms with Crippen molar-refractivity contribution in [3.8, 4) is 5.75 Å². The van der Waals surface area contributed by atoms with E-state index in [4.69, 9.17) is 4.74 Å². The molecule has 1 aromatic carbocycles. The monoisotopic (exact) mass is 337 g/mol. The number of hydrogen-bond acceptors (Lipinski definition) is 2. The second-order valence-corrected chi connectivity index (χ2v) is 6.42. The highest BCUT2D eigenvalue weighted by Crippen LogP contribution is 2.46. The Bertz CT molecular complexity index is 542. The minimum Gasteiger partial charge on any atom is -0.492 e. The van der Waals surface area contributed by atoms with E-state index >= 15 is 0 Å². The Kier molecular flexibility index (Phi) is 4.01. The summed E-state index contributed by atoms with van der Waals surface area (Å²) in [6.45, 7) is 3.47. The van der Waals surface area contributed by atoms with Gasteiger partial charge in [-0.1, -0.05) is 6.92 Å². The molecule has 1 N–H and O–H groups in total. The molecule has 1 aliphatic heterocycles. The zero-order valence-corrected chi connectivity index (χ0v) is 13.4. The molecule has 3 rings (SSSR count). The number of amides is 1. The second-order valence-electron chi connectivity index (χ2n) is 5.57. The van der Waals surface area contributed by atoms with E-state index in [-0.39, 0.29) is 5.91 Å². The van der Waals surface area contributed by atoms with Gasteiger partial charge in [-0.25, -0.2) is 0 Å². The van der Waals surface area contributed by atoms with Crippen LogP contribution in [0, 0.1) is 0 Å². The fourth-order valence-electron chi connectivity index (χ4n) is 3.40. The van der Waals surface area contributed by atoms with Crippen molar-refractivity contribution in [2.45, 2.75) is 44.9 Å². The number of carbonyl (C=O) groups is 1. The van der Waals surface area contributed by atoms with E-state index in [1.54, 1.807) is 0 Å². The van der Waals surface area contributed by atoms with Crippen molar-refractivity contribution in [3.05, 3.63) is 27.2 Å². The van der Waals surface area contributed by atoms with E-state index in [0.717, 1.165) is 42.6 Å². The third-order valence-corrected chi connectivity index (χ3v) is 4.96. The normalized spacial score (nSPS) is 19.4. The number of fused-ring (bicyclic) bond motifs is 3. The van der Waals surface area contributed by atoms with E-state index in [0.29, 0.717) is 12.3 Å². The van der Waals surface area contributed by atoms with Gasteiger partial charge in [0.25, 0.3) is 0 Å². The summed E-state index contributed by atoms with van der Waals surface area (Å²) in [7, 11) is 0. The maximum atomic E-state index is 11.3. The molecule has 1 aromatic rings. The number of ether oxygens (including phenoxy) is 1. The van der Waals surface area contributed by atoms with E-state index < -0.39 is 0 Å². The summed E-state index contributed by atoms with van der Waals surface area (Å²) in [5.41, 5.74) is 4.37. The van der Waals surface area contributed by atoms with E-state index in [2.05, 4.69) is 27.3 Å². The summed E-state index contributed by atoms with van der Waals surface area (Å²) >= 11 is 3.62. The van der Waals surface area contributed by atoms with Gasteiger partial charge in [0.2, 0.25) is 5.91 Å². The molecule has 1 aliphatic carbocycles. The second kappa shape index (κ2) is 5.76. The highest BCUT2D eigenvalue weighted by Gasteiger charge is 2.30. The van der Waals surface area contributed by atoms with Crippen LogP contribution < -0.4 is 10.1 Å². The molecule has 0 unspecified atom stereocenters. The molecule has 3 nitrogen and oxygen atoms in total. The first-order valence-corrected chi connectivity index (χ1v) is 8.23. The van der Waals surface area contributed by atoms with Crippen molar-refractivity contribution in [1.29, 1.82) is 0 Å². The van der Waals surface area contributed by atoms with Crippen molar-refractivity contribution in [3.63, 3.8) is 0 Å². The third kappa shape index (κ3) is 2.46. The van der Waals surface area contributed by atoms with Crippen LogP contribution in [0.25, 0.3) is 0 Å². The van der Waals surface area contributed by atoms with Crippen LogP contribution in [0.4, 0.5) is 0 Å². The Morgan fingerprint density at radius 2 is 2.35 bits per heavy atom. The van der Waals surface area contributed by atoms with Crippen LogP contribution in [0.1, 0.15) is 48.8 Å². The van der Waals surface area contributed by atoms with Gasteiger partial charge in [0.05, 0.1) is 11.1 Å². The molecule has 0 fully saturated rings. The van der Waals surface area contributed by atoms with Gasteiger partial charge in [-0.05, 0) is 58.3 Å². The quantitative estimate of drug-likeness (QED) is 0.915. The number of aryl methyl sites for hydroxylation is 1. The van der Waals surface area contributed by atoms with Gasteiger partial charge >= 0.3 is 0 Å². The lowest BCUT2D eigenvalue weighted by atomic mass is 9.92. The zero-order chi connectivity index (χ0) is 14.1. The number of hydrogen-bond donors (Lipinski definition) is 1. The minimum atomic E-state index is 0.146. The lowest BCUT2D eigenvalue weighted by Gasteiger charge is -2.16. The molecular weight excluding hydrogens is 318 g/mol. The first kappa shape index (κ1) is 13.9. The van der Waals surface area contributed by atoms with Crippen LogP contribution in [0.15, 0.2) is 10.5 Å². The molecule has 0 saturated carbocycles. The van der Waals surface area contributed by atoms with E-state index in [1.165, 1.54) is 23.1 Å². The standard InChI is InChI=1S/C16H20BrNO2/c1-2-14(19)18-7-5-10-3-4-11-9-13(17)16-12(15(10)11)6-8-20-16/h9-10H,2-8H2,1H3,(H,18,19)/t10-/m0/s1. The van der Waals surface area contributed by atoms with Crippen molar-refractivity contribution in [2.75, 3.05) is 13.2 Å². The lowest BCUT2D eigenvalue weighted by Crippen LogP contribution is -2.24. The summed E-state index contributed by atoms with van der Waals surface area (Å²) in [4.78, 5) is 11.3. The Labute approximate surface area is 128 Å². The van der Waals surface area contributed by atoms with Gasteiger partial charge in [0, 0.05) is 24.9 Å². The molecule has 1 atom stereocenters. The maximum absolute atomic E-state index is 11.3. The highest BCUT2D eigenvalue weighted by atomic mass is 79.9. The van der Waals surface area contributed by atoms with Gasteiger partial charge in [-0.3, -0.25) is 4.79 Å². The summed E-state index contributed by atoms with van der Waals surface area (Å²) in [5, 5.41) is 2.99. The molecule has 0 saturated heterocycles. The van der Waals surface area contributed by atoms with Gasteiger partial charge < -0.3 is 10.1 Å². The molecular formula is C16H20BrNO2. The largest absolute Gasteiger partial charge is 0.492 e. The zero-order valence-electron chi connectivity index (χ0n) is 11.8. The van der Waals surface area contributed by atoms with Gasteiger partial charge in [-0.15, -0.1) is 0 Å². The van der Waals surface area contributed by atoms with Crippen LogP contribution in [-0.2, 0) is 17.6 Å². The van der Waals surface area contributed by atoms with Crippen LogP contribution in [0.5, 0.6) is 5.75 Å². The Morgan fingerprint density at radius 3 is 3.15 bits per heavy atom. The number of halogens is 1. The Morgan fingerprint density at radius 1 is 1.50 bits per heavy atom. The molecule has 0 aromatic heterocycles. The molecule has 0 spiro atoms. The van der Waals surface area contributed by atoms with Crippen LogP contribution >= 0.6 is 15.9 Å². The number of benzene rings is 1. The summed E-state index contributed by atoms with van der Waals surface area (Å²) in [6.07, 6.45) is 4.97. The van der Waals surface area contributed by atoms with Crippen molar-refractivity contribution in [2.24, 2.45) is 0 Å². The van der Waals surface area contributed by atoms with Gasteiger partial charge in [0.15, 0.2) is 0 Å². The summed E-state index contributed by atoms with van der Waals surface area (Å²) in [6, 6.07) is 2.23. The number of rotatable bonds is 4. The molecule has 20 heavy (non-hydrogen) atoms. The van der Waals surface area contributed by atoms with Gasteiger partial charge in [0.1, 0.15) is 5.75 Å². The number of nitrogens with one attached hydrogen (secondary N) is 1. The highest BCUT2D eigenvalue weighted by molar-refractivity contribution is 9.10. The average Bonchev–Trinajstić information content (AvgIpc) is 3.05. The first-order valence-electron chi connectivity index (χ1n) is 7.44. The Balaban J connectivity index is 1.76. The first-order chi connectivity index (χ1) is 9.70. The fourth-order valence-corrected chi connectivity index (χ4v) is 4.04. The van der Waals surface area contributed by atoms with Crippen LogP contribution in [-0.4, -0.2) is 19.1 Å². The van der Waals surface area contributed by atoms with Crippen LogP contribution in [0.3, 0.4) is 0 Å². The predicted octanol–water partition coefficient (Wildman–Crippen LogP) is 3.33. The topological polar surface area (TPSA) is 38.3 Å². The SMILES string of the molecule is CCC(=O)NCC[C@@H]1CCc2cc(Br)c3c(c21)CCO3. The summed E-state index contributed by atoms with van der Waals surface area (Å²) in [5.74, 6) is 1.77. The minimum absolute atomic E-state index is 0.146. The summed E-state index contributed by atoms with van der Waals surface area (Å²) < 4.78 is 6.85. The van der Waals surface area contributed by atoms with Crippen molar-refractivity contribution >= 4 is 21.8 Å². The van der Waals surface area contributed by atoms with Gasteiger partial charge in [-0.2, -0.15) is 0 Å². The molecule has 4 heteroatoms. The lowest BCUT2D eigenvalue weighted by molar-refractivity contribution is -0.120. The number of carbonyl (C=O) groups excluding carboxylic acids is 1. The van der Waals surface area contributed by atoms with E-state index in [1.807, 2.05) is 6.92 Å². The molecule has 1 heterocycles. The molecule has 2 aliphatic rings. The van der Waals surface area contributed by atoms with Crippen molar-refractivity contribution in [1.82, 2.24) is 5.32 Å². The fraction of sp³-hybridized carbons (Fsp3) is 0.562. The van der Waals surface area contributed by atoms with Crippen LogP contribution in [0.2, 0.25) is 0 Å². The Hall–Kier alpha value is -1.03. The molecule has 108 valence electrons. The average molecular weight is 338 g/mol. The smallest absolute Gasteiger partial charge is 0.219 e. The molecule has 1 amide bonds. The maximum Gasteiger partial charge on any atom is 0.219 e. The predicted molar refractivity (Wildman–Crippen MR) is 82.3 cm³/mol.